The van der Waals surface area contributed by atoms with E-state index in [1.807, 2.05) is 12.1 Å². The molecule has 0 radical (unpaired) electrons. The van der Waals surface area contributed by atoms with Gasteiger partial charge in [-0.1, -0.05) is 18.7 Å². The van der Waals surface area contributed by atoms with Crippen molar-refractivity contribution >= 4 is 34.0 Å². The van der Waals surface area contributed by atoms with Crippen LogP contribution in [-0.2, 0) is 4.79 Å². The number of carbonyl (C=O) groups excluding carboxylic acids is 1. The number of ether oxygens (including phenoxy) is 1. The van der Waals surface area contributed by atoms with Gasteiger partial charge in [0.15, 0.2) is 0 Å². The topological polar surface area (TPSA) is 95.5 Å². The predicted molar refractivity (Wildman–Crippen MR) is 162 cm³/mol. The molecule has 2 saturated heterocycles. The molecule has 2 N–H and O–H groups in total. The Kier molecular flexibility index (Phi) is 8.07. The van der Waals surface area contributed by atoms with E-state index >= 15 is 0 Å². The number of amides is 1. The van der Waals surface area contributed by atoms with Gasteiger partial charge in [0.25, 0.3) is 0 Å². The molecular weight excluding hydrogens is 533 g/mol. The highest BCUT2D eigenvalue weighted by Gasteiger charge is 2.31. The Morgan fingerprint density at radius 2 is 1.90 bits per heavy atom. The quantitative estimate of drug-likeness (QED) is 0.279. The van der Waals surface area contributed by atoms with Gasteiger partial charge >= 0.3 is 0 Å². The van der Waals surface area contributed by atoms with Gasteiger partial charge in [-0.05, 0) is 75.8 Å². The van der Waals surface area contributed by atoms with Crippen LogP contribution >= 0.6 is 0 Å². The zero-order chi connectivity index (χ0) is 29.1. The molecule has 0 saturated carbocycles. The lowest BCUT2D eigenvalue weighted by atomic mass is 10.0. The molecule has 10 heteroatoms. The number of nitrogens with zero attached hydrogens (tertiary/aromatic N) is 5. The van der Waals surface area contributed by atoms with Gasteiger partial charge in [-0.15, -0.1) is 0 Å². The molecular formula is C32H34FN7O2. The first kappa shape index (κ1) is 27.7. The fraction of sp³-hybridized carbons (Fsp3) is 0.312. The van der Waals surface area contributed by atoms with Crippen molar-refractivity contribution in [1.82, 2.24) is 24.8 Å². The third kappa shape index (κ3) is 6.09. The molecule has 2 aromatic heterocycles. The molecule has 4 aromatic rings. The van der Waals surface area contributed by atoms with Crippen LogP contribution in [0.3, 0.4) is 0 Å². The van der Waals surface area contributed by atoms with Crippen LogP contribution in [0.2, 0.25) is 0 Å². The fourth-order valence-corrected chi connectivity index (χ4v) is 5.75. The summed E-state index contributed by atoms with van der Waals surface area (Å²) in [7, 11) is 2.18. The van der Waals surface area contributed by atoms with Crippen molar-refractivity contribution in [1.29, 1.82) is 0 Å². The maximum Gasteiger partial charge on any atom is 0.247 e. The van der Waals surface area contributed by atoms with E-state index in [2.05, 4.69) is 49.0 Å². The Morgan fingerprint density at radius 3 is 2.71 bits per heavy atom. The molecule has 1 unspecified atom stereocenters. The summed E-state index contributed by atoms with van der Waals surface area (Å²) < 4.78 is 20.9. The van der Waals surface area contributed by atoms with Gasteiger partial charge in [0, 0.05) is 48.0 Å². The van der Waals surface area contributed by atoms with E-state index in [0.717, 1.165) is 32.6 Å². The van der Waals surface area contributed by atoms with Gasteiger partial charge in [0.05, 0.1) is 16.9 Å². The molecule has 6 rings (SSSR count). The van der Waals surface area contributed by atoms with Gasteiger partial charge in [-0.3, -0.25) is 14.7 Å². The minimum absolute atomic E-state index is 0.00884. The minimum Gasteiger partial charge on any atom is -0.487 e. The van der Waals surface area contributed by atoms with Crippen molar-refractivity contribution in [3.8, 4) is 17.0 Å². The molecule has 0 aliphatic carbocycles. The third-order valence-electron chi connectivity index (χ3n) is 8.03. The number of carbonyl (C=O) groups is 1. The van der Waals surface area contributed by atoms with E-state index in [4.69, 9.17) is 4.74 Å². The van der Waals surface area contributed by atoms with Crippen LogP contribution < -0.4 is 15.4 Å². The Bertz CT molecular complexity index is 1610. The van der Waals surface area contributed by atoms with Crippen molar-refractivity contribution in [3.05, 3.63) is 79.5 Å². The summed E-state index contributed by atoms with van der Waals surface area (Å²) in [6, 6.07) is 14.3. The smallest absolute Gasteiger partial charge is 0.247 e. The second-order valence-corrected chi connectivity index (χ2v) is 10.9. The number of rotatable bonds is 8. The second kappa shape index (κ2) is 12.2. The molecule has 2 aliphatic heterocycles. The molecule has 4 heterocycles. The summed E-state index contributed by atoms with van der Waals surface area (Å²) in [5.74, 6) is 0.402. The Morgan fingerprint density at radius 1 is 1.07 bits per heavy atom. The SMILES string of the molecule is C=CC(=O)Nc1cc2c(Nc3ccnc(-c4ccccc4F)c3)ncnc2cc1OC1CCN(C2CCN(C)CC2)C1. The number of likely N-dealkylation sites (tertiary alicyclic amines) is 2. The second-order valence-electron chi connectivity index (χ2n) is 10.9. The number of anilines is 3. The largest absolute Gasteiger partial charge is 0.487 e. The fourth-order valence-electron chi connectivity index (χ4n) is 5.75. The van der Waals surface area contributed by atoms with Crippen LogP contribution in [0, 0.1) is 5.82 Å². The lowest BCUT2D eigenvalue weighted by molar-refractivity contribution is -0.111. The Hall–Kier alpha value is -4.41. The highest BCUT2D eigenvalue weighted by atomic mass is 19.1. The monoisotopic (exact) mass is 567 g/mol. The van der Waals surface area contributed by atoms with Crippen LogP contribution in [0.5, 0.6) is 5.75 Å². The normalized spacial score (nSPS) is 18.2. The van der Waals surface area contributed by atoms with E-state index in [1.165, 1.54) is 31.3 Å². The summed E-state index contributed by atoms with van der Waals surface area (Å²) in [6.07, 6.45) is 7.60. The van der Waals surface area contributed by atoms with Crippen LogP contribution in [0.4, 0.5) is 21.6 Å². The number of halogens is 1. The average Bonchev–Trinajstić information content (AvgIpc) is 3.47. The first-order valence-corrected chi connectivity index (χ1v) is 14.3. The molecule has 1 amide bonds. The first-order chi connectivity index (χ1) is 20.5. The first-order valence-electron chi connectivity index (χ1n) is 14.3. The van der Waals surface area contributed by atoms with Crippen molar-refractivity contribution in [3.63, 3.8) is 0 Å². The molecule has 216 valence electrons. The summed E-state index contributed by atoms with van der Waals surface area (Å²) in [5.41, 5.74) is 2.76. The highest BCUT2D eigenvalue weighted by Crippen LogP contribution is 2.35. The number of piperidine rings is 1. The summed E-state index contributed by atoms with van der Waals surface area (Å²) in [4.78, 5) is 30.6. The summed E-state index contributed by atoms with van der Waals surface area (Å²) in [5, 5.41) is 6.90. The average molecular weight is 568 g/mol. The molecule has 2 fully saturated rings. The van der Waals surface area contributed by atoms with E-state index in [9.17, 15) is 9.18 Å². The lowest BCUT2D eigenvalue weighted by Crippen LogP contribution is -2.43. The maximum absolute atomic E-state index is 14.4. The molecule has 9 nitrogen and oxygen atoms in total. The van der Waals surface area contributed by atoms with Crippen LogP contribution in [-0.4, -0.2) is 76.0 Å². The molecule has 2 aromatic carbocycles. The van der Waals surface area contributed by atoms with Crippen molar-refractivity contribution in [2.75, 3.05) is 43.9 Å². The number of nitrogens with one attached hydrogen (secondary N) is 2. The maximum atomic E-state index is 14.4. The molecule has 2 aliphatic rings. The zero-order valence-corrected chi connectivity index (χ0v) is 23.6. The van der Waals surface area contributed by atoms with Crippen molar-refractivity contribution in [2.45, 2.75) is 31.4 Å². The molecule has 42 heavy (non-hydrogen) atoms. The standard InChI is InChI=1S/C32H34FN7O2/c1-3-31(41)38-29-17-25-28(18-30(29)42-23-11-15-40(19-23)22-9-13-39(2)14-10-22)35-20-36-32(25)37-21-8-12-34-27(16-21)24-6-4-5-7-26(24)33/h3-8,12,16-18,20,22-23H,1,9-11,13-15,19H2,2H3,(H,38,41)(H,34,35,36,37). The van der Waals surface area contributed by atoms with Crippen molar-refractivity contribution < 1.29 is 13.9 Å². The van der Waals surface area contributed by atoms with E-state index < -0.39 is 0 Å². The number of fused-ring (bicyclic) bond motifs is 1. The van der Waals surface area contributed by atoms with E-state index in [1.54, 1.807) is 36.5 Å². The highest BCUT2D eigenvalue weighted by molar-refractivity contribution is 6.03. The van der Waals surface area contributed by atoms with Crippen molar-refractivity contribution in [2.24, 2.45) is 0 Å². The van der Waals surface area contributed by atoms with Gasteiger partial charge in [0.1, 0.15) is 29.8 Å². The number of aromatic nitrogens is 3. The van der Waals surface area contributed by atoms with Crippen LogP contribution in [0.15, 0.2) is 73.7 Å². The van der Waals surface area contributed by atoms with Crippen LogP contribution in [0.1, 0.15) is 19.3 Å². The minimum atomic E-state index is -0.346. The Labute approximate surface area is 244 Å². The predicted octanol–water partition coefficient (Wildman–Crippen LogP) is 5.25. The van der Waals surface area contributed by atoms with E-state index in [0.29, 0.717) is 51.1 Å². The van der Waals surface area contributed by atoms with Crippen LogP contribution in [0.25, 0.3) is 22.2 Å². The third-order valence-corrected chi connectivity index (χ3v) is 8.03. The van der Waals surface area contributed by atoms with Gasteiger partial charge in [-0.25, -0.2) is 14.4 Å². The van der Waals surface area contributed by atoms with Gasteiger partial charge < -0.3 is 20.3 Å². The number of hydrogen-bond acceptors (Lipinski definition) is 8. The molecule has 0 bridgehead atoms. The van der Waals surface area contributed by atoms with Gasteiger partial charge in [0.2, 0.25) is 5.91 Å². The number of hydrogen-bond donors (Lipinski definition) is 2. The molecule has 1 atom stereocenters. The van der Waals surface area contributed by atoms with E-state index in [-0.39, 0.29) is 17.8 Å². The number of pyridine rings is 1. The Balaban J connectivity index is 1.26. The summed E-state index contributed by atoms with van der Waals surface area (Å²) >= 11 is 0. The zero-order valence-electron chi connectivity index (χ0n) is 23.6. The lowest BCUT2D eigenvalue weighted by Gasteiger charge is -2.35. The molecule has 0 spiro atoms. The number of benzene rings is 2. The van der Waals surface area contributed by atoms with Gasteiger partial charge in [-0.2, -0.15) is 0 Å². The summed E-state index contributed by atoms with van der Waals surface area (Å²) in [6.45, 7) is 7.69.